The molecule has 0 atom stereocenters. The van der Waals surface area contributed by atoms with E-state index in [1.807, 2.05) is 0 Å². The molecule has 0 N–H and O–H groups in total. The number of halogens is 4. The maximum Gasteiger partial charge on any atom is 0.673 e. The number of allylic oxidation sites excluding steroid dienone is 10. The average Bonchev–Trinajstić information content (AvgIpc) is 2.58. The number of nitrogens with zero attached hydrogens (tertiary/aromatic N) is 1. The van der Waals surface area contributed by atoms with Crippen LogP contribution in [0.4, 0.5) is 17.3 Å². The average molecular weight is 425 g/mol. The quantitative estimate of drug-likeness (QED) is 0.143. The third-order valence-electron chi connectivity index (χ3n) is 5.36. The summed E-state index contributed by atoms with van der Waals surface area (Å²) in [5.41, 5.74) is 7.69. The predicted molar refractivity (Wildman–Crippen MR) is 122 cm³/mol. The molecule has 0 amide bonds. The van der Waals surface area contributed by atoms with E-state index in [0.717, 1.165) is 0 Å². The van der Waals surface area contributed by atoms with Crippen molar-refractivity contribution in [1.29, 1.82) is 0 Å². The molecule has 0 heterocycles. The van der Waals surface area contributed by atoms with Crippen LogP contribution in [0.3, 0.4) is 0 Å². The molecule has 0 aromatic heterocycles. The van der Waals surface area contributed by atoms with Crippen LogP contribution >= 0.6 is 0 Å². The van der Waals surface area contributed by atoms with Crippen molar-refractivity contribution in [2.45, 2.75) is 66.2 Å². The van der Waals surface area contributed by atoms with E-state index in [1.54, 1.807) is 11.1 Å². The van der Waals surface area contributed by atoms with E-state index in [0.29, 0.717) is 5.41 Å². The number of rotatable bonds is 4. The van der Waals surface area contributed by atoms with Gasteiger partial charge in [-0.05, 0) is 74.5 Å². The maximum atomic E-state index is 9.75. The van der Waals surface area contributed by atoms with Crippen molar-refractivity contribution in [3.05, 3.63) is 58.2 Å². The van der Waals surface area contributed by atoms with Gasteiger partial charge in [0.05, 0.1) is 0 Å². The van der Waals surface area contributed by atoms with Crippen molar-refractivity contribution in [3.8, 4) is 0 Å². The zero-order valence-corrected chi connectivity index (χ0v) is 19.2. The molecule has 2 aliphatic rings. The molecule has 2 aliphatic carbocycles. The molecule has 0 fully saturated rings. The summed E-state index contributed by atoms with van der Waals surface area (Å²) in [5.74, 6) is 0. The Morgan fingerprint density at radius 3 is 2.27 bits per heavy atom. The van der Waals surface area contributed by atoms with Gasteiger partial charge < -0.3 is 17.3 Å². The van der Waals surface area contributed by atoms with E-state index >= 15 is 0 Å². The van der Waals surface area contributed by atoms with E-state index in [1.165, 1.54) is 55.2 Å². The van der Waals surface area contributed by atoms with Crippen molar-refractivity contribution in [3.63, 3.8) is 0 Å². The predicted octanol–water partition coefficient (Wildman–Crippen LogP) is 7.70. The second-order valence-electron chi connectivity index (χ2n) is 9.08. The normalized spacial score (nSPS) is 21.3. The van der Waals surface area contributed by atoms with Gasteiger partial charge in [0.1, 0.15) is 14.1 Å². The van der Waals surface area contributed by atoms with Gasteiger partial charge >= 0.3 is 7.25 Å². The van der Waals surface area contributed by atoms with E-state index in [4.69, 9.17) is 0 Å². The first-order valence-electron chi connectivity index (χ1n) is 10.6. The summed E-state index contributed by atoms with van der Waals surface area (Å²) in [6.07, 6.45) is 21.3. The molecular formula is C24H36BF4N. The minimum atomic E-state index is -6.00. The van der Waals surface area contributed by atoms with Gasteiger partial charge in [-0.25, -0.2) is 4.58 Å². The van der Waals surface area contributed by atoms with Crippen LogP contribution in [0, 0.1) is 5.41 Å². The van der Waals surface area contributed by atoms with Crippen LogP contribution in [0.5, 0.6) is 0 Å². The third kappa shape index (κ3) is 10.8. The van der Waals surface area contributed by atoms with Gasteiger partial charge in [-0.1, -0.05) is 49.3 Å². The van der Waals surface area contributed by atoms with Crippen molar-refractivity contribution >= 4 is 13.5 Å². The van der Waals surface area contributed by atoms with Gasteiger partial charge in [0, 0.05) is 6.08 Å². The number of hydrogen-bond acceptors (Lipinski definition) is 0. The van der Waals surface area contributed by atoms with E-state index in [2.05, 4.69) is 83.0 Å². The summed E-state index contributed by atoms with van der Waals surface area (Å²) in [4.78, 5) is 0. The summed E-state index contributed by atoms with van der Waals surface area (Å²) in [6.45, 7) is 9.31. The summed E-state index contributed by atoms with van der Waals surface area (Å²) >= 11 is 0. The SMILES string of the molecule is CC1=C(/C=C/C(C)=C/C2=CC(=C/C=[N+](C)C)/CCC2)C(C)(C)CCC1.F[B-](F)(F)F. The smallest absolute Gasteiger partial charge is 0.418 e. The molecule has 0 saturated carbocycles. The van der Waals surface area contributed by atoms with Gasteiger partial charge in [-0.3, -0.25) is 0 Å². The van der Waals surface area contributed by atoms with Gasteiger partial charge in [-0.15, -0.1) is 0 Å². The Morgan fingerprint density at radius 1 is 1.07 bits per heavy atom. The van der Waals surface area contributed by atoms with Crippen molar-refractivity contribution in [2.24, 2.45) is 5.41 Å². The zero-order valence-electron chi connectivity index (χ0n) is 19.2. The van der Waals surface area contributed by atoms with Crippen LogP contribution in [0.25, 0.3) is 0 Å². The Morgan fingerprint density at radius 2 is 1.70 bits per heavy atom. The molecule has 0 aromatic rings. The minimum Gasteiger partial charge on any atom is -0.418 e. The summed E-state index contributed by atoms with van der Waals surface area (Å²) in [5, 5.41) is 0. The summed E-state index contributed by atoms with van der Waals surface area (Å²) < 4.78 is 41.1. The van der Waals surface area contributed by atoms with Gasteiger partial charge in [0.25, 0.3) is 0 Å². The monoisotopic (exact) mass is 425 g/mol. The molecule has 168 valence electrons. The number of hydrogen-bond donors (Lipinski definition) is 0. The molecule has 0 aliphatic heterocycles. The largest absolute Gasteiger partial charge is 0.673 e. The van der Waals surface area contributed by atoms with E-state index < -0.39 is 7.25 Å². The molecule has 0 spiro atoms. The molecule has 30 heavy (non-hydrogen) atoms. The summed E-state index contributed by atoms with van der Waals surface area (Å²) in [7, 11) is -1.86. The fourth-order valence-corrected chi connectivity index (χ4v) is 3.93. The zero-order chi connectivity index (χ0) is 22.9. The molecule has 0 saturated heterocycles. The molecule has 6 heteroatoms. The first-order valence-corrected chi connectivity index (χ1v) is 10.6. The third-order valence-corrected chi connectivity index (χ3v) is 5.36. The Labute approximate surface area is 179 Å². The van der Waals surface area contributed by atoms with Crippen molar-refractivity contribution in [1.82, 2.24) is 0 Å². The first-order chi connectivity index (χ1) is 13.8. The van der Waals surface area contributed by atoms with Crippen LogP contribution in [-0.4, -0.2) is 32.1 Å². The molecular weight excluding hydrogens is 389 g/mol. The Hall–Kier alpha value is -1.85. The van der Waals surface area contributed by atoms with Crippen LogP contribution in [0.2, 0.25) is 0 Å². The highest BCUT2D eigenvalue weighted by Gasteiger charge is 2.26. The second-order valence-corrected chi connectivity index (χ2v) is 9.08. The fourth-order valence-electron chi connectivity index (χ4n) is 3.93. The first kappa shape index (κ1) is 26.2. The lowest BCUT2D eigenvalue weighted by Crippen LogP contribution is -2.19. The maximum absolute atomic E-state index is 9.75. The topological polar surface area (TPSA) is 3.01 Å². The second kappa shape index (κ2) is 11.5. The Kier molecular flexibility index (Phi) is 10.1. The van der Waals surface area contributed by atoms with Crippen LogP contribution < -0.4 is 0 Å². The molecule has 0 radical (unpaired) electrons. The molecule has 1 nitrogen and oxygen atoms in total. The van der Waals surface area contributed by atoms with Crippen molar-refractivity contribution < 1.29 is 21.8 Å². The van der Waals surface area contributed by atoms with Crippen LogP contribution in [-0.2, 0) is 0 Å². The highest BCUT2D eigenvalue weighted by Crippen LogP contribution is 2.40. The summed E-state index contributed by atoms with van der Waals surface area (Å²) in [6, 6.07) is 0. The van der Waals surface area contributed by atoms with E-state index in [-0.39, 0.29) is 0 Å². The lowest BCUT2D eigenvalue weighted by molar-refractivity contribution is -0.458. The fraction of sp³-hybridized carbons (Fsp3) is 0.542. The van der Waals surface area contributed by atoms with Gasteiger partial charge in [-0.2, -0.15) is 0 Å². The molecule has 2 rings (SSSR count). The Balaban J connectivity index is 0.000000804. The lowest BCUT2D eigenvalue weighted by Gasteiger charge is -2.33. The van der Waals surface area contributed by atoms with Crippen LogP contribution in [0.1, 0.15) is 66.2 Å². The minimum absolute atomic E-state index is 0.321. The Bertz CT molecular complexity index is 768. The van der Waals surface area contributed by atoms with Gasteiger partial charge in [0.15, 0.2) is 6.21 Å². The standard InChI is InChI=1S/C24H36N.BF4/c1-19(12-13-23-20(2)9-8-15-24(23,3)4)17-22-11-7-10-21(18-22)14-16-25(5)6;2-1(3,4)5/h12-14,16-18H,7-11,15H2,1-6H3;/q+1;-1/b13-12+,19-17+,21-14+;. The molecule has 0 bridgehead atoms. The van der Waals surface area contributed by atoms with Crippen LogP contribution in [0.15, 0.2) is 58.2 Å². The highest BCUT2D eigenvalue weighted by molar-refractivity contribution is 6.50. The highest BCUT2D eigenvalue weighted by atomic mass is 19.5. The molecule has 0 aromatic carbocycles. The lowest BCUT2D eigenvalue weighted by atomic mass is 9.72. The van der Waals surface area contributed by atoms with Gasteiger partial charge in [0.2, 0.25) is 0 Å². The molecule has 0 unspecified atom stereocenters. The van der Waals surface area contributed by atoms with Crippen molar-refractivity contribution in [2.75, 3.05) is 14.1 Å². The van der Waals surface area contributed by atoms with E-state index in [9.17, 15) is 17.3 Å².